The molecule has 0 spiro atoms. The standard InChI is InChI=1S/C15H22O6/c1-4-9-19-13(18)8-6-5-7-11(17)14-12(10-16)20-15(2,3)21-14/h4-8,11-12,14,16-17H,1,9-10H2,2-3H3/t11-,12-,14+/m1/s1. The maximum absolute atomic E-state index is 11.2. The average molecular weight is 298 g/mol. The molecule has 0 aromatic heterocycles. The van der Waals surface area contributed by atoms with Crippen molar-refractivity contribution in [3.63, 3.8) is 0 Å². The lowest BCUT2D eigenvalue weighted by Gasteiger charge is -2.19. The quantitative estimate of drug-likeness (QED) is 0.311. The van der Waals surface area contributed by atoms with Crippen LogP contribution in [0.25, 0.3) is 0 Å². The van der Waals surface area contributed by atoms with E-state index in [1.807, 2.05) is 0 Å². The summed E-state index contributed by atoms with van der Waals surface area (Å²) in [6, 6.07) is 0. The predicted octanol–water partition coefficient (Wildman–Crippen LogP) is 0.701. The molecule has 6 nitrogen and oxygen atoms in total. The molecule has 0 aromatic rings. The molecule has 0 amide bonds. The van der Waals surface area contributed by atoms with E-state index in [4.69, 9.17) is 14.2 Å². The van der Waals surface area contributed by atoms with Gasteiger partial charge in [0.2, 0.25) is 0 Å². The Morgan fingerprint density at radius 1 is 1.43 bits per heavy atom. The van der Waals surface area contributed by atoms with Crippen molar-refractivity contribution in [1.82, 2.24) is 0 Å². The molecule has 0 unspecified atom stereocenters. The van der Waals surface area contributed by atoms with Crippen LogP contribution in [0.5, 0.6) is 0 Å². The van der Waals surface area contributed by atoms with Gasteiger partial charge in [-0.15, -0.1) is 0 Å². The number of rotatable bonds is 7. The van der Waals surface area contributed by atoms with Crippen LogP contribution in [0, 0.1) is 0 Å². The van der Waals surface area contributed by atoms with Gasteiger partial charge < -0.3 is 24.4 Å². The SMILES string of the molecule is C=CCOC(=O)C=CC=C[C@@H](O)[C@@H]1OC(C)(C)O[C@@H]1CO. The third-order valence-electron chi connectivity index (χ3n) is 2.73. The van der Waals surface area contributed by atoms with Crippen molar-refractivity contribution in [2.75, 3.05) is 13.2 Å². The molecule has 0 aromatic carbocycles. The summed E-state index contributed by atoms with van der Waals surface area (Å²) in [6.45, 7) is 6.75. The van der Waals surface area contributed by atoms with E-state index in [0.717, 1.165) is 0 Å². The fourth-order valence-electron chi connectivity index (χ4n) is 1.90. The Hall–Kier alpha value is -1.47. The van der Waals surface area contributed by atoms with Crippen molar-refractivity contribution >= 4 is 5.97 Å². The molecule has 1 aliphatic heterocycles. The van der Waals surface area contributed by atoms with Gasteiger partial charge in [-0.05, 0) is 13.8 Å². The molecule has 0 radical (unpaired) electrons. The molecule has 1 rings (SSSR count). The fourth-order valence-corrected chi connectivity index (χ4v) is 1.90. The van der Waals surface area contributed by atoms with Crippen molar-refractivity contribution in [3.05, 3.63) is 37.0 Å². The summed E-state index contributed by atoms with van der Waals surface area (Å²) < 4.78 is 15.7. The van der Waals surface area contributed by atoms with E-state index in [2.05, 4.69) is 6.58 Å². The van der Waals surface area contributed by atoms with Gasteiger partial charge in [0.05, 0.1) is 6.61 Å². The number of carbonyl (C=O) groups excluding carboxylic acids is 1. The number of esters is 1. The van der Waals surface area contributed by atoms with Crippen molar-refractivity contribution in [1.29, 1.82) is 0 Å². The van der Waals surface area contributed by atoms with Crippen LogP contribution in [0.3, 0.4) is 0 Å². The van der Waals surface area contributed by atoms with Crippen LogP contribution in [0.1, 0.15) is 13.8 Å². The maximum atomic E-state index is 11.2. The zero-order valence-corrected chi connectivity index (χ0v) is 12.3. The van der Waals surface area contributed by atoms with E-state index >= 15 is 0 Å². The molecule has 1 heterocycles. The molecule has 3 atom stereocenters. The Kier molecular flexibility index (Phi) is 6.77. The van der Waals surface area contributed by atoms with Gasteiger partial charge in [0, 0.05) is 6.08 Å². The number of allylic oxidation sites excluding steroid dienone is 2. The van der Waals surface area contributed by atoms with Gasteiger partial charge in [0.1, 0.15) is 24.9 Å². The summed E-state index contributed by atoms with van der Waals surface area (Å²) in [5.41, 5.74) is 0. The molecule has 1 fully saturated rings. The third-order valence-corrected chi connectivity index (χ3v) is 2.73. The minimum Gasteiger partial charge on any atom is -0.458 e. The van der Waals surface area contributed by atoms with Crippen LogP contribution in [-0.2, 0) is 19.0 Å². The lowest BCUT2D eigenvalue weighted by Crippen LogP contribution is -2.36. The molecule has 0 aliphatic carbocycles. The highest BCUT2D eigenvalue weighted by Crippen LogP contribution is 2.30. The molecule has 2 N–H and O–H groups in total. The van der Waals surface area contributed by atoms with E-state index in [0.29, 0.717) is 0 Å². The number of aliphatic hydroxyl groups is 2. The van der Waals surface area contributed by atoms with Crippen molar-refractivity contribution < 1.29 is 29.2 Å². The van der Waals surface area contributed by atoms with Crippen LogP contribution in [-0.4, -0.2) is 53.5 Å². The molecule has 0 bridgehead atoms. The Labute approximate surface area is 124 Å². The van der Waals surface area contributed by atoms with Crippen LogP contribution in [0.4, 0.5) is 0 Å². The van der Waals surface area contributed by atoms with Crippen molar-refractivity contribution in [2.45, 2.75) is 37.9 Å². The first-order chi connectivity index (χ1) is 9.89. The highest BCUT2D eigenvalue weighted by Gasteiger charge is 2.43. The normalized spacial score (nSPS) is 26.3. The third kappa shape index (κ3) is 5.81. The van der Waals surface area contributed by atoms with Crippen LogP contribution >= 0.6 is 0 Å². The first-order valence-electron chi connectivity index (χ1n) is 6.66. The van der Waals surface area contributed by atoms with Crippen molar-refractivity contribution in [3.8, 4) is 0 Å². The number of hydrogen-bond donors (Lipinski definition) is 2. The minimum atomic E-state index is -0.960. The molecule has 0 saturated carbocycles. The van der Waals surface area contributed by atoms with Gasteiger partial charge in [-0.2, -0.15) is 0 Å². The van der Waals surface area contributed by atoms with Gasteiger partial charge in [0.25, 0.3) is 0 Å². The predicted molar refractivity (Wildman–Crippen MR) is 76.4 cm³/mol. The highest BCUT2D eigenvalue weighted by atomic mass is 16.8. The van der Waals surface area contributed by atoms with Gasteiger partial charge in [0.15, 0.2) is 5.79 Å². The Balaban J connectivity index is 2.50. The van der Waals surface area contributed by atoms with Gasteiger partial charge in [-0.25, -0.2) is 4.79 Å². The zero-order valence-electron chi connectivity index (χ0n) is 12.3. The summed E-state index contributed by atoms with van der Waals surface area (Å²) in [5, 5.41) is 19.2. The first kappa shape index (κ1) is 17.6. The summed E-state index contributed by atoms with van der Waals surface area (Å²) in [4.78, 5) is 11.2. The van der Waals surface area contributed by atoms with Gasteiger partial charge >= 0.3 is 5.97 Å². The van der Waals surface area contributed by atoms with E-state index in [-0.39, 0.29) is 13.2 Å². The monoisotopic (exact) mass is 298 g/mol. The Morgan fingerprint density at radius 2 is 2.14 bits per heavy atom. The Bertz CT molecular complexity index is 412. The summed E-state index contributed by atoms with van der Waals surface area (Å²) in [7, 11) is 0. The lowest BCUT2D eigenvalue weighted by molar-refractivity contribution is -0.154. The topological polar surface area (TPSA) is 85.2 Å². The van der Waals surface area contributed by atoms with Crippen LogP contribution < -0.4 is 0 Å². The maximum Gasteiger partial charge on any atom is 0.331 e. The smallest absolute Gasteiger partial charge is 0.331 e. The number of ether oxygens (including phenoxy) is 3. The fraction of sp³-hybridized carbons (Fsp3) is 0.533. The van der Waals surface area contributed by atoms with Crippen LogP contribution in [0.15, 0.2) is 37.0 Å². The number of aliphatic hydroxyl groups excluding tert-OH is 2. The first-order valence-corrected chi connectivity index (χ1v) is 6.66. The molecule has 6 heteroatoms. The molecular formula is C15H22O6. The second-order valence-electron chi connectivity index (χ2n) is 4.97. The summed E-state index contributed by atoms with van der Waals surface area (Å²) in [5.74, 6) is -1.35. The highest BCUT2D eigenvalue weighted by molar-refractivity contribution is 5.82. The molecule has 1 aliphatic rings. The van der Waals surface area contributed by atoms with Gasteiger partial charge in [-0.3, -0.25) is 0 Å². The summed E-state index contributed by atoms with van der Waals surface area (Å²) in [6.07, 6.45) is 4.88. The molecule has 118 valence electrons. The average Bonchev–Trinajstić information content (AvgIpc) is 2.76. The largest absolute Gasteiger partial charge is 0.458 e. The zero-order chi connectivity index (χ0) is 15.9. The molecular weight excluding hydrogens is 276 g/mol. The Morgan fingerprint density at radius 3 is 2.76 bits per heavy atom. The van der Waals surface area contributed by atoms with E-state index in [1.54, 1.807) is 13.8 Å². The van der Waals surface area contributed by atoms with E-state index in [9.17, 15) is 15.0 Å². The number of hydrogen-bond acceptors (Lipinski definition) is 6. The summed E-state index contributed by atoms with van der Waals surface area (Å²) >= 11 is 0. The molecule has 1 saturated heterocycles. The second kappa shape index (κ2) is 8.09. The second-order valence-corrected chi connectivity index (χ2v) is 4.97. The van der Waals surface area contributed by atoms with Crippen LogP contribution in [0.2, 0.25) is 0 Å². The lowest BCUT2D eigenvalue weighted by atomic mass is 10.1. The van der Waals surface area contributed by atoms with E-state index in [1.165, 1.54) is 30.4 Å². The van der Waals surface area contributed by atoms with Gasteiger partial charge in [-0.1, -0.05) is 30.9 Å². The van der Waals surface area contributed by atoms with Crippen molar-refractivity contribution in [2.24, 2.45) is 0 Å². The minimum absolute atomic E-state index is 0.149. The molecule has 21 heavy (non-hydrogen) atoms. The van der Waals surface area contributed by atoms with E-state index < -0.39 is 30.1 Å². The number of carbonyl (C=O) groups is 1.